The number of hydrogen-bond acceptors (Lipinski definition) is 3. The fraction of sp³-hybridized carbons (Fsp3) is 0.381. The van der Waals surface area contributed by atoms with Crippen molar-refractivity contribution >= 4 is 23.1 Å². The number of nitrogens with zero attached hydrogens (tertiary/aromatic N) is 1. The number of piperidine rings is 1. The van der Waals surface area contributed by atoms with Gasteiger partial charge >= 0.3 is 0 Å². The molecule has 4 rings (SSSR count). The fourth-order valence-electron chi connectivity index (χ4n) is 4.07. The lowest BCUT2D eigenvalue weighted by atomic mass is 9.70. The molecule has 2 aromatic carbocycles. The van der Waals surface area contributed by atoms with Gasteiger partial charge in [0.2, 0.25) is 0 Å². The van der Waals surface area contributed by atoms with Crippen LogP contribution in [0.4, 0.5) is 5.69 Å². The van der Waals surface area contributed by atoms with Crippen LogP contribution < -0.4 is 15.4 Å². The van der Waals surface area contributed by atoms with Gasteiger partial charge in [0.25, 0.3) is 0 Å². The Labute approximate surface area is 159 Å². The lowest BCUT2D eigenvalue weighted by Crippen LogP contribution is -2.48. The summed E-state index contributed by atoms with van der Waals surface area (Å²) in [6.07, 6.45) is 3.18. The first kappa shape index (κ1) is 17.4. The second-order valence-corrected chi connectivity index (χ2v) is 7.56. The monoisotopic (exact) mass is 369 g/mol. The van der Waals surface area contributed by atoms with E-state index in [4.69, 9.17) is 21.3 Å². The Morgan fingerprint density at radius 2 is 1.96 bits per heavy atom. The topological polar surface area (TPSA) is 45.6 Å². The van der Waals surface area contributed by atoms with E-state index in [0.29, 0.717) is 6.54 Å². The maximum atomic E-state index is 6.13. The third kappa shape index (κ3) is 3.31. The van der Waals surface area contributed by atoms with Gasteiger partial charge in [-0.25, -0.2) is 0 Å². The van der Waals surface area contributed by atoms with E-state index >= 15 is 0 Å². The molecule has 0 unspecified atom stereocenters. The quantitative estimate of drug-likeness (QED) is 0.848. The first-order chi connectivity index (χ1) is 12.7. The van der Waals surface area contributed by atoms with Crippen molar-refractivity contribution in [1.82, 2.24) is 5.32 Å². The molecule has 136 valence electrons. The average molecular weight is 370 g/mol. The third-order valence-corrected chi connectivity index (χ3v) is 5.71. The Balaban J connectivity index is 1.70. The number of anilines is 1. The molecule has 1 saturated heterocycles. The minimum absolute atomic E-state index is 0.0726. The normalized spacial score (nSPS) is 19.8. The minimum atomic E-state index is 0.0726. The lowest BCUT2D eigenvalue weighted by molar-refractivity contribution is 0.292. The Kier molecular flexibility index (Phi) is 4.88. The van der Waals surface area contributed by atoms with Gasteiger partial charge in [-0.3, -0.25) is 4.99 Å². The Morgan fingerprint density at radius 3 is 2.73 bits per heavy atom. The molecule has 2 aliphatic rings. The molecule has 1 spiro atoms. The zero-order valence-electron chi connectivity index (χ0n) is 15.0. The molecule has 2 aromatic rings. The van der Waals surface area contributed by atoms with Crippen LogP contribution in [0.25, 0.3) is 0 Å². The first-order valence-electron chi connectivity index (χ1n) is 9.13. The van der Waals surface area contributed by atoms with E-state index in [1.54, 1.807) is 7.11 Å². The van der Waals surface area contributed by atoms with E-state index < -0.39 is 0 Å². The third-order valence-electron chi connectivity index (χ3n) is 5.48. The predicted octanol–water partition coefficient (Wildman–Crippen LogP) is 4.29. The van der Waals surface area contributed by atoms with Gasteiger partial charge in [0, 0.05) is 10.4 Å². The predicted molar refractivity (Wildman–Crippen MR) is 107 cm³/mol. The van der Waals surface area contributed by atoms with Crippen LogP contribution in [0.15, 0.2) is 47.5 Å². The maximum Gasteiger partial charge on any atom is 0.142 e. The zero-order chi connectivity index (χ0) is 18.0. The minimum Gasteiger partial charge on any atom is -0.495 e. The van der Waals surface area contributed by atoms with Crippen molar-refractivity contribution in [2.45, 2.75) is 25.8 Å². The smallest absolute Gasteiger partial charge is 0.142 e. The van der Waals surface area contributed by atoms with Crippen molar-refractivity contribution in [1.29, 1.82) is 0 Å². The zero-order valence-corrected chi connectivity index (χ0v) is 15.8. The average Bonchev–Trinajstić information content (AvgIpc) is 2.66. The van der Waals surface area contributed by atoms with Crippen molar-refractivity contribution in [3.05, 3.63) is 58.6 Å². The van der Waals surface area contributed by atoms with E-state index in [2.05, 4.69) is 28.8 Å². The van der Waals surface area contributed by atoms with Gasteiger partial charge in [-0.15, -0.1) is 0 Å². The van der Waals surface area contributed by atoms with E-state index in [9.17, 15) is 0 Å². The summed E-state index contributed by atoms with van der Waals surface area (Å²) >= 11 is 6.13. The number of para-hydroxylation sites is 1. The van der Waals surface area contributed by atoms with Gasteiger partial charge in [-0.05, 0) is 61.7 Å². The molecule has 0 atom stereocenters. The van der Waals surface area contributed by atoms with E-state index in [-0.39, 0.29) is 5.41 Å². The number of fused-ring (bicyclic) bond motifs is 1. The second kappa shape index (κ2) is 7.29. The molecule has 2 aliphatic heterocycles. The molecule has 1 fully saturated rings. The standard InChI is InChI=1S/C21H24ClN3O/c1-26-18-7-3-5-16-13-21(8-10-23-11-9-21)20(25-19(16)18)24-14-15-4-2-6-17(22)12-15/h2-7,12,23H,8-11,13-14H2,1H3,(H,24,25). The molecule has 0 amide bonds. The highest BCUT2D eigenvalue weighted by molar-refractivity contribution is 6.30. The number of benzene rings is 2. The summed E-state index contributed by atoms with van der Waals surface area (Å²) in [7, 11) is 1.72. The second-order valence-electron chi connectivity index (χ2n) is 7.12. The highest BCUT2D eigenvalue weighted by atomic mass is 35.5. The molecular formula is C21H24ClN3O. The van der Waals surface area contributed by atoms with Crippen LogP contribution in [0.5, 0.6) is 5.75 Å². The first-order valence-corrected chi connectivity index (χ1v) is 9.51. The molecule has 2 heterocycles. The number of methoxy groups -OCH3 is 1. The van der Waals surface area contributed by atoms with Crippen LogP contribution in [0.3, 0.4) is 0 Å². The van der Waals surface area contributed by atoms with Crippen LogP contribution in [0, 0.1) is 5.41 Å². The molecule has 2 N–H and O–H groups in total. The number of amidine groups is 1. The van der Waals surface area contributed by atoms with Crippen molar-refractivity contribution in [3.8, 4) is 5.75 Å². The Morgan fingerprint density at radius 1 is 1.15 bits per heavy atom. The molecule has 26 heavy (non-hydrogen) atoms. The summed E-state index contributed by atoms with van der Waals surface area (Å²) in [6, 6.07) is 14.2. The van der Waals surface area contributed by atoms with Gasteiger partial charge in [0.1, 0.15) is 11.6 Å². The largest absolute Gasteiger partial charge is 0.495 e. The van der Waals surface area contributed by atoms with Crippen LogP contribution >= 0.6 is 11.6 Å². The van der Waals surface area contributed by atoms with Gasteiger partial charge in [-0.2, -0.15) is 0 Å². The molecular weight excluding hydrogens is 346 g/mol. The van der Waals surface area contributed by atoms with Crippen molar-refractivity contribution in [3.63, 3.8) is 0 Å². The SMILES string of the molecule is COc1cccc2c1NC(=NCc1cccc(Cl)c1)C1(CCNCC1)C2. The number of nitrogens with one attached hydrogen (secondary N) is 2. The van der Waals surface area contributed by atoms with Crippen molar-refractivity contribution in [2.75, 3.05) is 25.5 Å². The number of aliphatic imine (C=N–C) groups is 1. The van der Waals surface area contributed by atoms with Gasteiger partial charge in [-0.1, -0.05) is 35.9 Å². The Hall–Kier alpha value is -2.04. The molecule has 0 bridgehead atoms. The highest BCUT2D eigenvalue weighted by Crippen LogP contribution is 2.44. The number of hydrogen-bond donors (Lipinski definition) is 2. The van der Waals surface area contributed by atoms with Gasteiger partial charge < -0.3 is 15.4 Å². The molecule has 0 aromatic heterocycles. The Bertz CT molecular complexity index is 828. The van der Waals surface area contributed by atoms with Crippen LogP contribution in [0.2, 0.25) is 5.02 Å². The van der Waals surface area contributed by atoms with E-state index in [1.807, 2.05) is 24.3 Å². The molecule has 4 nitrogen and oxygen atoms in total. The number of halogens is 1. The number of ether oxygens (including phenoxy) is 1. The lowest BCUT2D eigenvalue weighted by Gasteiger charge is -2.43. The van der Waals surface area contributed by atoms with Gasteiger partial charge in [0.05, 0.1) is 19.3 Å². The molecule has 5 heteroatoms. The van der Waals surface area contributed by atoms with Crippen LogP contribution in [-0.2, 0) is 13.0 Å². The highest BCUT2D eigenvalue weighted by Gasteiger charge is 2.41. The van der Waals surface area contributed by atoms with Crippen molar-refractivity contribution in [2.24, 2.45) is 10.4 Å². The van der Waals surface area contributed by atoms with Crippen molar-refractivity contribution < 1.29 is 4.74 Å². The van der Waals surface area contributed by atoms with Crippen LogP contribution in [0.1, 0.15) is 24.0 Å². The van der Waals surface area contributed by atoms with Gasteiger partial charge in [0.15, 0.2) is 0 Å². The van der Waals surface area contributed by atoms with E-state index in [0.717, 1.165) is 60.2 Å². The number of rotatable bonds is 3. The molecule has 0 saturated carbocycles. The molecule has 0 radical (unpaired) electrons. The van der Waals surface area contributed by atoms with E-state index in [1.165, 1.54) is 5.56 Å². The van der Waals surface area contributed by atoms with Crippen LogP contribution in [-0.4, -0.2) is 26.0 Å². The summed E-state index contributed by atoms with van der Waals surface area (Å²) in [6.45, 7) is 2.68. The maximum absolute atomic E-state index is 6.13. The summed E-state index contributed by atoms with van der Waals surface area (Å²) in [5, 5.41) is 7.86. The summed E-state index contributed by atoms with van der Waals surface area (Å²) in [5.41, 5.74) is 3.57. The fourth-order valence-corrected chi connectivity index (χ4v) is 4.28. The summed E-state index contributed by atoms with van der Waals surface area (Å²) < 4.78 is 5.57. The summed E-state index contributed by atoms with van der Waals surface area (Å²) in [5.74, 6) is 1.96. The molecule has 0 aliphatic carbocycles. The summed E-state index contributed by atoms with van der Waals surface area (Å²) in [4.78, 5) is 5.01.